The number of nitrogens with zero attached hydrogens (tertiary/aromatic N) is 1. The van der Waals surface area contributed by atoms with E-state index in [9.17, 15) is 9.59 Å². The molecule has 2 atom stereocenters. The number of carbonyl (C=O) groups is 2. The van der Waals surface area contributed by atoms with E-state index in [1.165, 1.54) is 7.11 Å². The molecule has 1 rings (SSSR count). The molecule has 1 amide bonds. The summed E-state index contributed by atoms with van der Waals surface area (Å²) in [4.78, 5) is 25.7. The van der Waals surface area contributed by atoms with Gasteiger partial charge in [0.1, 0.15) is 6.04 Å². The normalized spacial score (nSPS) is 23.3. The maximum absolute atomic E-state index is 12.4. The first-order valence-electron chi connectivity index (χ1n) is 6.61. The highest BCUT2D eigenvalue weighted by atomic mass is 16.5. The number of hydrogen-bond acceptors (Lipinski definition) is 4. The molecule has 2 unspecified atom stereocenters. The molecule has 5 nitrogen and oxygen atoms in total. The summed E-state index contributed by atoms with van der Waals surface area (Å²) in [6.07, 6.45) is 3.99. The second-order valence-corrected chi connectivity index (χ2v) is 5.20. The van der Waals surface area contributed by atoms with E-state index in [-0.39, 0.29) is 11.9 Å². The Labute approximate surface area is 109 Å². The van der Waals surface area contributed by atoms with Crippen molar-refractivity contribution in [2.45, 2.75) is 57.5 Å². The quantitative estimate of drug-likeness (QED) is 0.763. The maximum Gasteiger partial charge on any atom is 0.328 e. The molecule has 0 bridgehead atoms. The number of hydrogen-bond donors (Lipinski definition) is 1. The Hall–Kier alpha value is -1.10. The van der Waals surface area contributed by atoms with Gasteiger partial charge in [-0.05, 0) is 32.6 Å². The van der Waals surface area contributed by atoms with Crippen molar-refractivity contribution in [3.63, 3.8) is 0 Å². The lowest BCUT2D eigenvalue weighted by Crippen LogP contribution is -2.59. The van der Waals surface area contributed by atoms with Gasteiger partial charge in [0.15, 0.2) is 0 Å². The molecule has 0 aromatic heterocycles. The van der Waals surface area contributed by atoms with Gasteiger partial charge in [0.05, 0.1) is 12.6 Å². The Morgan fingerprint density at radius 1 is 1.44 bits per heavy atom. The maximum atomic E-state index is 12.4. The molecule has 1 aliphatic rings. The van der Waals surface area contributed by atoms with Gasteiger partial charge < -0.3 is 15.4 Å². The smallest absolute Gasteiger partial charge is 0.328 e. The number of rotatable bonds is 4. The number of amides is 1. The highest BCUT2D eigenvalue weighted by Crippen LogP contribution is 2.22. The number of piperidine rings is 1. The summed E-state index contributed by atoms with van der Waals surface area (Å²) >= 11 is 0. The standard InChI is InChI=1S/C13H24N2O3/c1-4-8-13(2,14)12(17)15-9-6-5-7-10(15)11(16)18-3/h10H,4-9,14H2,1-3H3. The molecule has 0 radical (unpaired) electrons. The molecule has 0 aliphatic carbocycles. The molecule has 1 fully saturated rings. The predicted octanol–water partition coefficient (Wildman–Crippen LogP) is 1.06. The average molecular weight is 256 g/mol. The predicted molar refractivity (Wildman–Crippen MR) is 68.9 cm³/mol. The molecule has 5 heteroatoms. The number of methoxy groups -OCH3 is 1. The third-order valence-electron chi connectivity index (χ3n) is 3.49. The van der Waals surface area contributed by atoms with E-state index >= 15 is 0 Å². The van der Waals surface area contributed by atoms with Crippen LogP contribution in [0, 0.1) is 0 Å². The van der Waals surface area contributed by atoms with Crippen LogP contribution in [-0.4, -0.2) is 42.0 Å². The highest BCUT2D eigenvalue weighted by molar-refractivity contribution is 5.90. The average Bonchev–Trinajstić information content (AvgIpc) is 2.37. The molecule has 2 N–H and O–H groups in total. The van der Waals surface area contributed by atoms with E-state index in [4.69, 9.17) is 10.5 Å². The molecule has 1 aliphatic heterocycles. The van der Waals surface area contributed by atoms with Crippen molar-refractivity contribution in [3.8, 4) is 0 Å². The lowest BCUT2D eigenvalue weighted by Gasteiger charge is -2.38. The minimum atomic E-state index is -0.891. The molecule has 0 saturated carbocycles. The van der Waals surface area contributed by atoms with Crippen LogP contribution >= 0.6 is 0 Å². The van der Waals surface area contributed by atoms with E-state index in [0.717, 1.165) is 19.3 Å². The highest BCUT2D eigenvalue weighted by Gasteiger charge is 2.39. The Balaban J connectivity index is 2.83. The first-order chi connectivity index (χ1) is 8.44. The summed E-state index contributed by atoms with van der Waals surface area (Å²) in [5.74, 6) is -0.477. The van der Waals surface area contributed by atoms with Crippen LogP contribution in [-0.2, 0) is 14.3 Å². The van der Waals surface area contributed by atoms with Crippen LogP contribution in [0.25, 0.3) is 0 Å². The van der Waals surface area contributed by atoms with Gasteiger partial charge in [0.2, 0.25) is 5.91 Å². The van der Waals surface area contributed by atoms with Crippen molar-refractivity contribution in [1.82, 2.24) is 4.90 Å². The zero-order valence-electron chi connectivity index (χ0n) is 11.6. The minimum Gasteiger partial charge on any atom is -0.467 e. The monoisotopic (exact) mass is 256 g/mol. The summed E-state index contributed by atoms with van der Waals surface area (Å²) in [6, 6.07) is -0.462. The van der Waals surface area contributed by atoms with Crippen molar-refractivity contribution in [1.29, 1.82) is 0 Å². The fraction of sp³-hybridized carbons (Fsp3) is 0.846. The van der Waals surface area contributed by atoms with Crippen LogP contribution < -0.4 is 5.73 Å². The van der Waals surface area contributed by atoms with Crippen molar-refractivity contribution < 1.29 is 14.3 Å². The molecular formula is C13H24N2O3. The van der Waals surface area contributed by atoms with E-state index in [1.54, 1.807) is 11.8 Å². The molecule has 18 heavy (non-hydrogen) atoms. The zero-order valence-corrected chi connectivity index (χ0v) is 11.6. The largest absolute Gasteiger partial charge is 0.467 e. The van der Waals surface area contributed by atoms with Gasteiger partial charge in [0.25, 0.3) is 0 Å². The fourth-order valence-corrected chi connectivity index (χ4v) is 2.51. The van der Waals surface area contributed by atoms with Crippen molar-refractivity contribution in [3.05, 3.63) is 0 Å². The van der Waals surface area contributed by atoms with E-state index in [0.29, 0.717) is 19.4 Å². The van der Waals surface area contributed by atoms with Gasteiger partial charge in [0, 0.05) is 6.54 Å². The number of ether oxygens (including phenoxy) is 1. The molecule has 1 saturated heterocycles. The molecular weight excluding hydrogens is 232 g/mol. The summed E-state index contributed by atoms with van der Waals surface area (Å²) < 4.78 is 4.77. The van der Waals surface area contributed by atoms with Crippen LogP contribution in [0.2, 0.25) is 0 Å². The van der Waals surface area contributed by atoms with Crippen LogP contribution in [0.4, 0.5) is 0 Å². The Kier molecular flexibility index (Phi) is 5.14. The van der Waals surface area contributed by atoms with Gasteiger partial charge in [-0.15, -0.1) is 0 Å². The summed E-state index contributed by atoms with van der Waals surface area (Å²) in [5.41, 5.74) is 5.17. The van der Waals surface area contributed by atoms with Gasteiger partial charge in [-0.1, -0.05) is 13.3 Å². The van der Waals surface area contributed by atoms with Crippen molar-refractivity contribution in [2.24, 2.45) is 5.73 Å². The molecule has 0 aromatic carbocycles. The first kappa shape index (κ1) is 15.0. The Morgan fingerprint density at radius 2 is 2.11 bits per heavy atom. The first-order valence-corrected chi connectivity index (χ1v) is 6.61. The van der Waals surface area contributed by atoms with E-state index in [2.05, 4.69) is 0 Å². The third-order valence-corrected chi connectivity index (χ3v) is 3.49. The third kappa shape index (κ3) is 3.22. The summed E-state index contributed by atoms with van der Waals surface area (Å²) in [7, 11) is 1.35. The van der Waals surface area contributed by atoms with Gasteiger partial charge in [-0.2, -0.15) is 0 Å². The van der Waals surface area contributed by atoms with Crippen LogP contribution in [0.1, 0.15) is 46.0 Å². The molecule has 1 heterocycles. The lowest BCUT2D eigenvalue weighted by atomic mass is 9.92. The molecule has 104 valence electrons. The Morgan fingerprint density at radius 3 is 2.67 bits per heavy atom. The Bertz CT molecular complexity index is 315. The number of likely N-dealkylation sites (tertiary alicyclic amines) is 1. The minimum absolute atomic E-state index is 0.139. The zero-order chi connectivity index (χ0) is 13.8. The van der Waals surface area contributed by atoms with Crippen molar-refractivity contribution in [2.75, 3.05) is 13.7 Å². The molecule has 0 aromatic rings. The second-order valence-electron chi connectivity index (χ2n) is 5.20. The van der Waals surface area contributed by atoms with Gasteiger partial charge in [-0.3, -0.25) is 4.79 Å². The number of nitrogens with two attached hydrogens (primary N) is 1. The van der Waals surface area contributed by atoms with Crippen molar-refractivity contribution >= 4 is 11.9 Å². The van der Waals surface area contributed by atoms with Crippen LogP contribution in [0.3, 0.4) is 0 Å². The van der Waals surface area contributed by atoms with Crippen LogP contribution in [0.15, 0.2) is 0 Å². The summed E-state index contributed by atoms with van der Waals surface area (Å²) in [5, 5.41) is 0. The molecule has 0 spiro atoms. The van der Waals surface area contributed by atoms with E-state index < -0.39 is 11.6 Å². The second kappa shape index (κ2) is 6.18. The SMILES string of the molecule is CCCC(C)(N)C(=O)N1CCCCC1C(=O)OC. The summed E-state index contributed by atoms with van der Waals surface area (Å²) in [6.45, 7) is 4.32. The number of esters is 1. The van der Waals surface area contributed by atoms with E-state index in [1.807, 2.05) is 6.92 Å². The van der Waals surface area contributed by atoms with Gasteiger partial charge in [-0.25, -0.2) is 4.79 Å². The van der Waals surface area contributed by atoms with Crippen LogP contribution in [0.5, 0.6) is 0 Å². The van der Waals surface area contributed by atoms with Gasteiger partial charge >= 0.3 is 5.97 Å². The fourth-order valence-electron chi connectivity index (χ4n) is 2.51. The number of carbonyl (C=O) groups excluding carboxylic acids is 2. The lowest BCUT2D eigenvalue weighted by molar-refractivity contribution is -0.156. The topological polar surface area (TPSA) is 72.6 Å².